The minimum Gasteiger partial charge on any atom is -0.507 e. The highest BCUT2D eigenvalue weighted by Gasteiger charge is 2.34. The number of aromatic hydroxyl groups is 1. The van der Waals surface area contributed by atoms with Crippen molar-refractivity contribution in [1.82, 2.24) is 0 Å². The van der Waals surface area contributed by atoms with Crippen LogP contribution in [0.2, 0.25) is 0 Å². The molecule has 0 aromatic heterocycles. The molecule has 0 aliphatic heterocycles. The van der Waals surface area contributed by atoms with Crippen LogP contribution in [-0.4, -0.2) is 31.5 Å². The maximum Gasteiger partial charge on any atom is 0.131 e. The van der Waals surface area contributed by atoms with E-state index in [1.807, 2.05) is 82.3 Å². The third-order valence-corrected chi connectivity index (χ3v) is 8.25. The Morgan fingerprint density at radius 2 is 0.972 bits per heavy atom. The molecule has 0 aliphatic carbocycles. The molecule has 0 saturated heterocycles. The Hall–Kier alpha value is -2.91. The summed E-state index contributed by atoms with van der Waals surface area (Å²) < 4.78 is 24.6. The van der Waals surface area contributed by atoms with E-state index in [4.69, 9.17) is 18.9 Å². The number of ether oxygens (including phenoxy) is 4. The number of phenolic OH excluding ortho intramolecular Hbond substituents is 1. The van der Waals surface area contributed by atoms with E-state index >= 15 is 0 Å². The lowest BCUT2D eigenvalue weighted by molar-refractivity contribution is 0.327. The standard InChI is InChI=1S/C30H39O5P/c1-8-32-22-16-13-17-23(33-9-2)28(22)36(26-20-12-15-21(27(26)31)30(5,6)7)29-24(34-10-3)18-14-19-25(29)35-11-4/h12-20,31H,8-11H2,1-7H3. The highest BCUT2D eigenvalue weighted by molar-refractivity contribution is 7.80. The van der Waals surface area contributed by atoms with Gasteiger partial charge in [-0.15, -0.1) is 0 Å². The molecule has 3 rings (SSSR count). The molecule has 3 aromatic carbocycles. The molecule has 0 heterocycles. The van der Waals surface area contributed by atoms with Gasteiger partial charge in [-0.05, 0) is 62.9 Å². The van der Waals surface area contributed by atoms with E-state index < -0.39 is 7.92 Å². The Morgan fingerprint density at radius 1 is 0.611 bits per heavy atom. The second kappa shape index (κ2) is 12.4. The Kier molecular flexibility index (Phi) is 9.50. The first-order valence-corrected chi connectivity index (χ1v) is 14.0. The second-order valence-corrected chi connectivity index (χ2v) is 11.2. The molecule has 6 heteroatoms. The molecule has 0 amide bonds. The number of hydrogen-bond donors (Lipinski definition) is 1. The first-order chi connectivity index (χ1) is 17.3. The number of hydrogen-bond acceptors (Lipinski definition) is 5. The first kappa shape index (κ1) is 27.7. The molecule has 0 fully saturated rings. The van der Waals surface area contributed by atoms with E-state index in [-0.39, 0.29) is 11.2 Å². The van der Waals surface area contributed by atoms with Crippen LogP contribution in [0.4, 0.5) is 0 Å². The predicted molar refractivity (Wildman–Crippen MR) is 150 cm³/mol. The molecule has 0 aliphatic rings. The lowest BCUT2D eigenvalue weighted by atomic mass is 9.86. The smallest absolute Gasteiger partial charge is 0.131 e. The van der Waals surface area contributed by atoms with Gasteiger partial charge in [0.05, 0.1) is 37.0 Å². The second-order valence-electron chi connectivity index (χ2n) is 9.20. The summed E-state index contributed by atoms with van der Waals surface area (Å²) in [7, 11) is -1.41. The fourth-order valence-electron chi connectivity index (χ4n) is 4.20. The van der Waals surface area contributed by atoms with Crippen LogP contribution >= 0.6 is 7.92 Å². The van der Waals surface area contributed by atoms with Gasteiger partial charge in [-0.3, -0.25) is 0 Å². The van der Waals surface area contributed by atoms with Crippen LogP contribution in [0.25, 0.3) is 0 Å². The molecule has 3 aromatic rings. The van der Waals surface area contributed by atoms with E-state index in [1.165, 1.54) is 0 Å². The van der Waals surface area contributed by atoms with Crippen molar-refractivity contribution >= 4 is 23.8 Å². The van der Waals surface area contributed by atoms with Gasteiger partial charge in [-0.25, -0.2) is 0 Å². The highest BCUT2D eigenvalue weighted by Crippen LogP contribution is 2.48. The Bertz CT molecular complexity index is 1040. The summed E-state index contributed by atoms with van der Waals surface area (Å²) in [5.74, 6) is 3.18. The van der Waals surface area contributed by atoms with Crippen molar-refractivity contribution < 1.29 is 24.1 Å². The topological polar surface area (TPSA) is 57.2 Å². The minimum absolute atomic E-state index is 0.245. The van der Waals surface area contributed by atoms with Crippen LogP contribution in [0.1, 0.15) is 54.0 Å². The Labute approximate surface area is 217 Å². The zero-order valence-corrected chi connectivity index (χ0v) is 23.4. The maximum absolute atomic E-state index is 11.8. The molecule has 36 heavy (non-hydrogen) atoms. The summed E-state index contributed by atoms with van der Waals surface area (Å²) in [6.45, 7) is 16.2. The van der Waals surface area contributed by atoms with Gasteiger partial charge in [0.25, 0.3) is 0 Å². The molecular weight excluding hydrogens is 471 g/mol. The third-order valence-electron chi connectivity index (χ3n) is 5.63. The van der Waals surface area contributed by atoms with Gasteiger partial charge in [0.1, 0.15) is 28.7 Å². The average Bonchev–Trinajstić information content (AvgIpc) is 2.83. The van der Waals surface area contributed by atoms with Crippen molar-refractivity contribution in [1.29, 1.82) is 0 Å². The van der Waals surface area contributed by atoms with Gasteiger partial charge >= 0.3 is 0 Å². The average molecular weight is 511 g/mol. The van der Waals surface area contributed by atoms with Crippen LogP contribution in [0.5, 0.6) is 28.7 Å². The molecule has 1 N–H and O–H groups in total. The van der Waals surface area contributed by atoms with Crippen molar-refractivity contribution in [3.05, 3.63) is 60.2 Å². The van der Waals surface area contributed by atoms with E-state index in [1.54, 1.807) is 0 Å². The van der Waals surface area contributed by atoms with Gasteiger partial charge in [-0.1, -0.05) is 51.1 Å². The van der Waals surface area contributed by atoms with Crippen molar-refractivity contribution in [2.45, 2.75) is 53.9 Å². The van der Waals surface area contributed by atoms with Crippen LogP contribution < -0.4 is 34.9 Å². The molecule has 0 bridgehead atoms. The van der Waals surface area contributed by atoms with E-state index in [9.17, 15) is 5.11 Å². The largest absolute Gasteiger partial charge is 0.507 e. The molecule has 0 saturated carbocycles. The fourth-order valence-corrected chi connectivity index (χ4v) is 6.91. The van der Waals surface area contributed by atoms with Crippen LogP contribution in [0, 0.1) is 0 Å². The molecular formula is C30H39O5P. The van der Waals surface area contributed by atoms with Crippen LogP contribution in [0.3, 0.4) is 0 Å². The van der Waals surface area contributed by atoms with Crippen LogP contribution in [0.15, 0.2) is 54.6 Å². The summed E-state index contributed by atoms with van der Waals surface area (Å²) in [4.78, 5) is 0. The van der Waals surface area contributed by atoms with Crippen LogP contribution in [-0.2, 0) is 5.41 Å². The predicted octanol–water partition coefficient (Wildman–Crippen LogP) is 6.04. The Morgan fingerprint density at radius 3 is 1.31 bits per heavy atom. The summed E-state index contributed by atoms with van der Waals surface area (Å²) in [5, 5.41) is 14.3. The van der Waals surface area contributed by atoms with Crippen molar-refractivity contribution in [3.8, 4) is 28.7 Å². The monoisotopic (exact) mass is 510 g/mol. The molecule has 0 spiro atoms. The number of rotatable bonds is 11. The van der Waals surface area contributed by atoms with Crippen molar-refractivity contribution in [2.24, 2.45) is 0 Å². The summed E-state index contributed by atoms with van der Waals surface area (Å²) >= 11 is 0. The molecule has 194 valence electrons. The molecule has 0 atom stereocenters. The summed E-state index contributed by atoms with van der Waals surface area (Å²) in [5.41, 5.74) is 0.636. The number of para-hydroxylation sites is 1. The number of phenols is 1. The van der Waals surface area contributed by atoms with Crippen molar-refractivity contribution in [2.75, 3.05) is 26.4 Å². The third kappa shape index (κ3) is 5.90. The maximum atomic E-state index is 11.8. The molecule has 0 radical (unpaired) electrons. The summed E-state index contributed by atoms with van der Waals surface area (Å²) in [6.07, 6.45) is 0. The zero-order valence-electron chi connectivity index (χ0n) is 22.6. The molecule has 5 nitrogen and oxygen atoms in total. The number of benzene rings is 3. The van der Waals surface area contributed by atoms with E-state index in [0.717, 1.165) is 44.5 Å². The highest BCUT2D eigenvalue weighted by atomic mass is 31.1. The van der Waals surface area contributed by atoms with E-state index in [2.05, 4.69) is 20.8 Å². The lowest BCUT2D eigenvalue weighted by Gasteiger charge is -2.30. The zero-order chi connectivity index (χ0) is 26.3. The first-order valence-electron chi connectivity index (χ1n) is 12.7. The van der Waals surface area contributed by atoms with Gasteiger partial charge in [0.2, 0.25) is 0 Å². The van der Waals surface area contributed by atoms with Gasteiger partial charge < -0.3 is 24.1 Å². The normalized spacial score (nSPS) is 11.4. The van der Waals surface area contributed by atoms with E-state index in [0.29, 0.717) is 26.4 Å². The molecule has 0 unspecified atom stereocenters. The van der Waals surface area contributed by atoms with Gasteiger partial charge in [0, 0.05) is 13.2 Å². The minimum atomic E-state index is -1.41. The Balaban J connectivity index is 2.49. The SMILES string of the molecule is CCOc1cccc(OCC)c1P(c1cccc(C(C)(C)C)c1O)c1c(OCC)cccc1OCC. The van der Waals surface area contributed by atoms with Gasteiger partial charge in [0.15, 0.2) is 0 Å². The quantitative estimate of drug-likeness (QED) is 0.319. The van der Waals surface area contributed by atoms with Gasteiger partial charge in [-0.2, -0.15) is 0 Å². The van der Waals surface area contributed by atoms with Crippen molar-refractivity contribution in [3.63, 3.8) is 0 Å². The summed E-state index contributed by atoms with van der Waals surface area (Å²) in [6, 6.07) is 17.7. The fraction of sp³-hybridized carbons (Fsp3) is 0.400. The lowest BCUT2D eigenvalue weighted by Crippen LogP contribution is -2.28.